The van der Waals surface area contributed by atoms with Gasteiger partial charge in [0.25, 0.3) is 5.91 Å². The van der Waals surface area contributed by atoms with Gasteiger partial charge >= 0.3 is 6.03 Å². The Hall–Kier alpha value is -3.09. The first-order chi connectivity index (χ1) is 10.2. The Morgan fingerprint density at radius 1 is 1.14 bits per heavy atom. The summed E-state index contributed by atoms with van der Waals surface area (Å²) in [6, 6.07) is 11.9. The SMILES string of the molecule is O=C1COc2ccc(NC(=O)Nc3ccccc3)nc2N1. The zero-order valence-corrected chi connectivity index (χ0v) is 10.9. The van der Waals surface area contributed by atoms with Gasteiger partial charge in [0.1, 0.15) is 5.82 Å². The number of ether oxygens (including phenoxy) is 1. The highest BCUT2D eigenvalue weighted by Gasteiger charge is 2.17. The van der Waals surface area contributed by atoms with Gasteiger partial charge in [-0.25, -0.2) is 9.78 Å². The molecule has 21 heavy (non-hydrogen) atoms. The predicted molar refractivity (Wildman–Crippen MR) is 77.4 cm³/mol. The fourth-order valence-electron chi connectivity index (χ4n) is 1.83. The molecule has 3 amide bonds. The molecule has 3 N–H and O–H groups in total. The first-order valence-electron chi connectivity index (χ1n) is 6.27. The molecule has 0 aliphatic carbocycles. The molecule has 0 saturated carbocycles. The molecule has 0 fully saturated rings. The molecule has 0 spiro atoms. The Morgan fingerprint density at radius 2 is 1.95 bits per heavy atom. The van der Waals surface area contributed by atoms with Gasteiger partial charge < -0.3 is 15.4 Å². The number of fused-ring (bicyclic) bond motifs is 1. The van der Waals surface area contributed by atoms with Crippen LogP contribution in [0.25, 0.3) is 0 Å². The standard InChI is InChI=1S/C14H12N4O3/c19-12-8-21-10-6-7-11(16-13(10)18-12)17-14(20)15-9-4-2-1-3-5-9/h1-7H,8H2,(H3,15,16,17,18,19,20). The van der Waals surface area contributed by atoms with Gasteiger partial charge in [0.15, 0.2) is 18.2 Å². The minimum atomic E-state index is -0.420. The van der Waals surface area contributed by atoms with E-state index in [4.69, 9.17) is 4.74 Å². The van der Waals surface area contributed by atoms with E-state index in [0.29, 0.717) is 23.1 Å². The van der Waals surface area contributed by atoms with Crippen molar-refractivity contribution < 1.29 is 14.3 Å². The molecular weight excluding hydrogens is 272 g/mol. The minimum absolute atomic E-state index is 0.0318. The molecule has 106 valence electrons. The van der Waals surface area contributed by atoms with E-state index < -0.39 is 6.03 Å². The van der Waals surface area contributed by atoms with E-state index in [1.54, 1.807) is 24.3 Å². The third-order valence-electron chi connectivity index (χ3n) is 2.75. The number of pyridine rings is 1. The molecule has 1 aromatic heterocycles. The van der Waals surface area contributed by atoms with Gasteiger partial charge in [0, 0.05) is 5.69 Å². The lowest BCUT2D eigenvalue weighted by atomic mass is 10.3. The van der Waals surface area contributed by atoms with Crippen LogP contribution in [0.3, 0.4) is 0 Å². The average Bonchev–Trinajstić information content (AvgIpc) is 2.47. The molecule has 1 aliphatic heterocycles. The van der Waals surface area contributed by atoms with Crippen molar-refractivity contribution >= 4 is 29.3 Å². The number of nitrogens with one attached hydrogen (secondary N) is 3. The van der Waals surface area contributed by atoms with Gasteiger partial charge in [0.05, 0.1) is 0 Å². The molecule has 1 aromatic carbocycles. The number of carbonyl (C=O) groups is 2. The van der Waals surface area contributed by atoms with Crippen molar-refractivity contribution in [2.45, 2.75) is 0 Å². The van der Waals surface area contributed by atoms with Crippen molar-refractivity contribution in [3.63, 3.8) is 0 Å². The van der Waals surface area contributed by atoms with Gasteiger partial charge in [0.2, 0.25) is 0 Å². The van der Waals surface area contributed by atoms with E-state index >= 15 is 0 Å². The summed E-state index contributed by atoms with van der Waals surface area (Å²) < 4.78 is 5.19. The third-order valence-corrected chi connectivity index (χ3v) is 2.75. The van der Waals surface area contributed by atoms with Crippen LogP contribution >= 0.6 is 0 Å². The molecule has 0 unspecified atom stereocenters. The summed E-state index contributed by atoms with van der Waals surface area (Å²) >= 11 is 0. The zero-order valence-electron chi connectivity index (χ0n) is 10.9. The average molecular weight is 284 g/mol. The highest BCUT2D eigenvalue weighted by molar-refractivity contribution is 6.00. The minimum Gasteiger partial charge on any atom is -0.480 e. The fraction of sp³-hybridized carbons (Fsp3) is 0.0714. The molecule has 2 heterocycles. The van der Waals surface area contributed by atoms with Crippen LogP contribution in [-0.2, 0) is 4.79 Å². The van der Waals surface area contributed by atoms with Crippen molar-refractivity contribution in [3.8, 4) is 5.75 Å². The molecule has 0 bridgehead atoms. The predicted octanol–water partition coefficient (Wildman–Crippen LogP) is 2.06. The first kappa shape index (κ1) is 12.9. The maximum Gasteiger partial charge on any atom is 0.324 e. The smallest absolute Gasteiger partial charge is 0.324 e. The van der Waals surface area contributed by atoms with E-state index in [2.05, 4.69) is 20.9 Å². The second-order valence-corrected chi connectivity index (χ2v) is 4.33. The number of para-hydroxylation sites is 1. The molecule has 7 heteroatoms. The summed E-state index contributed by atoms with van der Waals surface area (Å²) in [5, 5.41) is 7.83. The summed E-state index contributed by atoms with van der Waals surface area (Å²) in [6.07, 6.45) is 0. The number of benzene rings is 1. The normalized spacial score (nSPS) is 12.7. The Balaban J connectivity index is 1.69. The van der Waals surface area contributed by atoms with Crippen LogP contribution in [0.2, 0.25) is 0 Å². The number of amides is 3. The van der Waals surface area contributed by atoms with E-state index in [-0.39, 0.29) is 12.5 Å². The number of rotatable bonds is 2. The Morgan fingerprint density at radius 3 is 2.76 bits per heavy atom. The molecule has 2 aromatic rings. The van der Waals surface area contributed by atoms with Gasteiger partial charge in [-0.2, -0.15) is 0 Å². The summed E-state index contributed by atoms with van der Waals surface area (Å²) in [4.78, 5) is 27.2. The van der Waals surface area contributed by atoms with Crippen molar-refractivity contribution in [1.29, 1.82) is 0 Å². The lowest BCUT2D eigenvalue weighted by Gasteiger charge is -2.17. The van der Waals surface area contributed by atoms with E-state index in [1.165, 1.54) is 0 Å². The number of nitrogens with zero attached hydrogens (tertiary/aromatic N) is 1. The number of carbonyl (C=O) groups excluding carboxylic acids is 2. The van der Waals surface area contributed by atoms with E-state index in [9.17, 15) is 9.59 Å². The molecular formula is C14H12N4O3. The Kier molecular flexibility index (Phi) is 3.38. The number of aromatic nitrogens is 1. The molecule has 7 nitrogen and oxygen atoms in total. The van der Waals surface area contributed by atoms with Crippen LogP contribution in [0, 0.1) is 0 Å². The quantitative estimate of drug-likeness (QED) is 0.787. The maximum absolute atomic E-state index is 11.8. The van der Waals surface area contributed by atoms with Crippen LogP contribution in [-0.4, -0.2) is 23.5 Å². The topological polar surface area (TPSA) is 92.3 Å². The van der Waals surface area contributed by atoms with Crippen LogP contribution in [0.15, 0.2) is 42.5 Å². The van der Waals surface area contributed by atoms with Gasteiger partial charge in [-0.3, -0.25) is 10.1 Å². The molecule has 0 atom stereocenters. The summed E-state index contributed by atoms with van der Waals surface area (Å²) in [5.74, 6) is 0.807. The van der Waals surface area contributed by atoms with Crippen LogP contribution < -0.4 is 20.7 Å². The fourth-order valence-corrected chi connectivity index (χ4v) is 1.83. The van der Waals surface area contributed by atoms with Gasteiger partial charge in [-0.15, -0.1) is 0 Å². The van der Waals surface area contributed by atoms with Crippen molar-refractivity contribution in [1.82, 2.24) is 4.98 Å². The lowest BCUT2D eigenvalue weighted by Crippen LogP contribution is -2.27. The second kappa shape index (κ2) is 5.49. The maximum atomic E-state index is 11.8. The molecule has 1 aliphatic rings. The van der Waals surface area contributed by atoms with Gasteiger partial charge in [-0.1, -0.05) is 18.2 Å². The number of urea groups is 1. The molecule has 0 radical (unpaired) electrons. The Labute approximate surface area is 120 Å². The monoisotopic (exact) mass is 284 g/mol. The van der Waals surface area contributed by atoms with Crippen molar-refractivity contribution in [3.05, 3.63) is 42.5 Å². The van der Waals surface area contributed by atoms with Crippen molar-refractivity contribution in [2.24, 2.45) is 0 Å². The summed E-state index contributed by atoms with van der Waals surface area (Å²) in [5.41, 5.74) is 0.671. The van der Waals surface area contributed by atoms with Crippen LogP contribution in [0.5, 0.6) is 5.75 Å². The number of hydrogen-bond acceptors (Lipinski definition) is 4. The summed E-state index contributed by atoms with van der Waals surface area (Å²) in [6.45, 7) is -0.0318. The summed E-state index contributed by atoms with van der Waals surface area (Å²) in [7, 11) is 0. The Bertz CT molecular complexity index is 688. The highest BCUT2D eigenvalue weighted by Crippen LogP contribution is 2.26. The third kappa shape index (κ3) is 3.08. The second-order valence-electron chi connectivity index (χ2n) is 4.33. The number of hydrogen-bond donors (Lipinski definition) is 3. The molecule has 3 rings (SSSR count). The largest absolute Gasteiger partial charge is 0.480 e. The zero-order chi connectivity index (χ0) is 14.7. The lowest BCUT2D eigenvalue weighted by molar-refractivity contribution is -0.118. The van der Waals surface area contributed by atoms with Crippen molar-refractivity contribution in [2.75, 3.05) is 22.6 Å². The van der Waals surface area contributed by atoms with Crippen LogP contribution in [0.1, 0.15) is 0 Å². The van der Waals surface area contributed by atoms with E-state index in [1.807, 2.05) is 18.2 Å². The highest BCUT2D eigenvalue weighted by atomic mass is 16.5. The van der Waals surface area contributed by atoms with Crippen LogP contribution in [0.4, 0.5) is 22.1 Å². The number of anilines is 3. The first-order valence-corrected chi connectivity index (χ1v) is 6.27. The van der Waals surface area contributed by atoms with Gasteiger partial charge in [-0.05, 0) is 24.3 Å². The van der Waals surface area contributed by atoms with E-state index in [0.717, 1.165) is 0 Å². The molecule has 0 saturated heterocycles.